The Bertz CT molecular complexity index is 1050. The monoisotopic (exact) mass is 400 g/mol. The summed E-state index contributed by atoms with van der Waals surface area (Å²) in [6.45, 7) is 14.6. The zero-order valence-corrected chi connectivity index (χ0v) is 19.5. The van der Waals surface area contributed by atoms with Gasteiger partial charge in [0.1, 0.15) is 5.75 Å². The van der Waals surface area contributed by atoms with E-state index >= 15 is 0 Å². The number of ether oxygens (including phenoxy) is 1. The molecule has 1 heteroatoms. The predicted octanol–water partition coefficient (Wildman–Crippen LogP) is 7.75. The fourth-order valence-electron chi connectivity index (χ4n) is 4.21. The fourth-order valence-corrected chi connectivity index (χ4v) is 4.21. The average Bonchev–Trinajstić information content (AvgIpc) is 3.49. The number of fused-ring (bicyclic) bond motifs is 1. The van der Waals surface area contributed by atoms with Gasteiger partial charge in [0.05, 0.1) is 6.61 Å². The quantitative estimate of drug-likeness (QED) is 0.411. The lowest BCUT2D eigenvalue weighted by Gasteiger charge is -2.27. The Balaban J connectivity index is 1.59. The van der Waals surface area contributed by atoms with Gasteiger partial charge in [-0.05, 0) is 88.1 Å². The molecule has 4 rings (SSSR count). The van der Waals surface area contributed by atoms with Crippen molar-refractivity contribution < 1.29 is 4.74 Å². The summed E-state index contributed by atoms with van der Waals surface area (Å²) in [6, 6.07) is 20.6. The van der Waals surface area contributed by atoms with Gasteiger partial charge in [0.25, 0.3) is 0 Å². The highest BCUT2D eigenvalue weighted by Crippen LogP contribution is 2.34. The van der Waals surface area contributed by atoms with Crippen molar-refractivity contribution in [3.63, 3.8) is 0 Å². The van der Waals surface area contributed by atoms with Crippen LogP contribution in [0, 0.1) is 12.8 Å². The van der Waals surface area contributed by atoms with E-state index in [1.165, 1.54) is 45.9 Å². The van der Waals surface area contributed by atoms with Crippen molar-refractivity contribution in [2.45, 2.75) is 71.6 Å². The summed E-state index contributed by atoms with van der Waals surface area (Å²) in [5, 5.41) is 2.66. The first-order chi connectivity index (χ1) is 14.1. The molecule has 3 aromatic carbocycles. The Morgan fingerprint density at radius 1 is 0.800 bits per heavy atom. The number of aryl methyl sites for hydroxylation is 1. The first-order valence-electron chi connectivity index (χ1n) is 11.4. The molecule has 0 amide bonds. The van der Waals surface area contributed by atoms with E-state index in [1.54, 1.807) is 0 Å². The number of rotatable bonds is 6. The Morgan fingerprint density at radius 3 is 2.23 bits per heavy atom. The maximum Gasteiger partial charge on any atom is 0.119 e. The van der Waals surface area contributed by atoms with Gasteiger partial charge in [0.2, 0.25) is 0 Å². The smallest absolute Gasteiger partial charge is 0.119 e. The summed E-state index contributed by atoms with van der Waals surface area (Å²) in [7, 11) is 0. The predicted molar refractivity (Wildman–Crippen MR) is 129 cm³/mol. The standard InChI is InChI=1S/C29H36O/c1-20-13-26(17-27(14-20)30-19-21-7-8-21)29(5,6)18-22-9-10-23-11-12-25(28(2,3)4)16-24(23)15-22/h9-17,21H,7-8,18-19H2,1-6H3. The van der Waals surface area contributed by atoms with Gasteiger partial charge < -0.3 is 4.74 Å². The molecule has 0 atom stereocenters. The molecule has 0 radical (unpaired) electrons. The third kappa shape index (κ3) is 4.89. The van der Waals surface area contributed by atoms with Crippen LogP contribution in [0.2, 0.25) is 0 Å². The lowest BCUT2D eigenvalue weighted by atomic mass is 9.78. The molecule has 3 aromatic rings. The molecule has 158 valence electrons. The normalized spacial score (nSPS) is 14.9. The van der Waals surface area contributed by atoms with Crippen molar-refractivity contribution in [1.29, 1.82) is 0 Å². The van der Waals surface area contributed by atoms with Crippen molar-refractivity contribution in [3.05, 3.63) is 76.9 Å². The first kappa shape index (κ1) is 21.0. The van der Waals surface area contributed by atoms with Crippen LogP contribution in [0.3, 0.4) is 0 Å². The molecule has 0 unspecified atom stereocenters. The molecule has 0 N–H and O–H groups in total. The highest BCUT2D eigenvalue weighted by molar-refractivity contribution is 5.84. The Labute approximate surface area is 182 Å². The fraction of sp³-hybridized carbons (Fsp3) is 0.448. The highest BCUT2D eigenvalue weighted by atomic mass is 16.5. The van der Waals surface area contributed by atoms with E-state index < -0.39 is 0 Å². The summed E-state index contributed by atoms with van der Waals surface area (Å²) >= 11 is 0. The molecular formula is C29H36O. The van der Waals surface area contributed by atoms with Crippen molar-refractivity contribution in [2.75, 3.05) is 6.61 Å². The second kappa shape index (κ2) is 7.76. The van der Waals surface area contributed by atoms with Crippen LogP contribution >= 0.6 is 0 Å². The van der Waals surface area contributed by atoms with Crippen LogP contribution in [-0.2, 0) is 17.3 Å². The van der Waals surface area contributed by atoms with Crippen molar-refractivity contribution >= 4 is 10.8 Å². The summed E-state index contributed by atoms with van der Waals surface area (Å²) in [6.07, 6.45) is 3.65. The summed E-state index contributed by atoms with van der Waals surface area (Å²) in [5.74, 6) is 1.80. The minimum Gasteiger partial charge on any atom is -0.493 e. The van der Waals surface area contributed by atoms with Crippen LogP contribution in [0.5, 0.6) is 5.75 Å². The third-order valence-corrected chi connectivity index (χ3v) is 6.43. The summed E-state index contributed by atoms with van der Waals surface area (Å²) < 4.78 is 6.10. The van der Waals surface area contributed by atoms with Crippen LogP contribution in [0.1, 0.15) is 69.7 Å². The second-order valence-electron chi connectivity index (χ2n) is 11.0. The third-order valence-electron chi connectivity index (χ3n) is 6.43. The van der Waals surface area contributed by atoms with Gasteiger partial charge in [-0.15, -0.1) is 0 Å². The van der Waals surface area contributed by atoms with E-state index in [0.29, 0.717) is 0 Å². The summed E-state index contributed by atoms with van der Waals surface area (Å²) in [4.78, 5) is 0. The zero-order valence-electron chi connectivity index (χ0n) is 19.5. The van der Waals surface area contributed by atoms with Crippen molar-refractivity contribution in [3.8, 4) is 5.75 Å². The molecule has 1 nitrogen and oxygen atoms in total. The van der Waals surface area contributed by atoms with Gasteiger partial charge in [-0.25, -0.2) is 0 Å². The lowest BCUT2D eigenvalue weighted by Crippen LogP contribution is -2.21. The van der Waals surface area contributed by atoms with Gasteiger partial charge in [0.15, 0.2) is 0 Å². The number of hydrogen-bond donors (Lipinski definition) is 0. The maximum atomic E-state index is 6.10. The van der Waals surface area contributed by atoms with Gasteiger partial charge in [-0.1, -0.05) is 77.1 Å². The van der Waals surface area contributed by atoms with Crippen LogP contribution in [0.25, 0.3) is 10.8 Å². The Hall–Kier alpha value is -2.28. The first-order valence-corrected chi connectivity index (χ1v) is 11.4. The Kier molecular flexibility index (Phi) is 5.43. The molecule has 1 aliphatic carbocycles. The molecule has 0 aliphatic heterocycles. The van der Waals surface area contributed by atoms with Crippen LogP contribution in [-0.4, -0.2) is 6.61 Å². The topological polar surface area (TPSA) is 9.23 Å². The van der Waals surface area contributed by atoms with E-state index in [1.807, 2.05) is 0 Å². The number of benzene rings is 3. The number of hydrogen-bond acceptors (Lipinski definition) is 1. The summed E-state index contributed by atoms with van der Waals surface area (Å²) in [5.41, 5.74) is 5.63. The molecular weight excluding hydrogens is 364 g/mol. The highest BCUT2D eigenvalue weighted by Gasteiger charge is 2.24. The van der Waals surface area contributed by atoms with Gasteiger partial charge in [0, 0.05) is 0 Å². The van der Waals surface area contributed by atoms with E-state index in [9.17, 15) is 0 Å². The largest absolute Gasteiger partial charge is 0.493 e. The van der Waals surface area contributed by atoms with Crippen LogP contribution in [0.4, 0.5) is 0 Å². The second-order valence-corrected chi connectivity index (χ2v) is 11.0. The Morgan fingerprint density at radius 2 is 1.53 bits per heavy atom. The van der Waals surface area contributed by atoms with E-state index in [-0.39, 0.29) is 10.8 Å². The molecule has 0 aromatic heterocycles. The van der Waals surface area contributed by atoms with Crippen molar-refractivity contribution in [2.24, 2.45) is 5.92 Å². The minimum absolute atomic E-state index is 0.0407. The SMILES string of the molecule is Cc1cc(OCC2CC2)cc(C(C)(C)Cc2ccc3ccc(C(C)(C)C)cc3c2)c1. The van der Waals surface area contributed by atoms with Crippen LogP contribution in [0.15, 0.2) is 54.6 Å². The molecule has 1 saturated carbocycles. The molecule has 0 heterocycles. The zero-order chi connectivity index (χ0) is 21.5. The molecule has 0 saturated heterocycles. The van der Waals surface area contributed by atoms with Gasteiger partial charge in [-0.2, -0.15) is 0 Å². The van der Waals surface area contributed by atoms with Crippen LogP contribution < -0.4 is 4.74 Å². The molecule has 0 spiro atoms. The maximum absolute atomic E-state index is 6.10. The van der Waals surface area contributed by atoms with E-state index in [2.05, 4.69) is 96.1 Å². The van der Waals surface area contributed by atoms with Gasteiger partial charge >= 0.3 is 0 Å². The molecule has 1 fully saturated rings. The average molecular weight is 401 g/mol. The van der Waals surface area contributed by atoms with Gasteiger partial charge in [-0.3, -0.25) is 0 Å². The minimum atomic E-state index is 0.0407. The molecule has 0 bridgehead atoms. The van der Waals surface area contributed by atoms with E-state index in [4.69, 9.17) is 4.74 Å². The molecule has 30 heavy (non-hydrogen) atoms. The molecule has 1 aliphatic rings. The van der Waals surface area contributed by atoms with Crippen molar-refractivity contribution in [1.82, 2.24) is 0 Å². The van der Waals surface area contributed by atoms with E-state index in [0.717, 1.165) is 24.7 Å². The lowest BCUT2D eigenvalue weighted by molar-refractivity contribution is 0.298.